The third-order valence-electron chi connectivity index (χ3n) is 5.66. The number of thiazole rings is 1. The van der Waals surface area contributed by atoms with Gasteiger partial charge in [-0.25, -0.2) is 0 Å². The zero-order valence-corrected chi connectivity index (χ0v) is 17.5. The summed E-state index contributed by atoms with van der Waals surface area (Å²) in [4.78, 5) is 27.0. The number of carbonyl (C=O) groups is 1. The van der Waals surface area contributed by atoms with Gasteiger partial charge in [-0.1, -0.05) is 90.2 Å². The maximum absolute atomic E-state index is 13.8. The monoisotopic (exact) mass is 436 g/mol. The van der Waals surface area contributed by atoms with Gasteiger partial charge in [0.2, 0.25) is 4.80 Å². The molecule has 6 rings (SSSR count). The van der Waals surface area contributed by atoms with Gasteiger partial charge in [-0.3, -0.25) is 14.2 Å². The molecule has 1 N–H and O–H groups in total. The predicted molar refractivity (Wildman–Crippen MR) is 125 cm³/mol. The number of para-hydroxylation sites is 1. The highest BCUT2D eigenvalue weighted by molar-refractivity contribution is 7.07. The fraction of sp³-hybridized carbons (Fsp3) is 0.0400. The lowest BCUT2D eigenvalue weighted by atomic mass is 9.96. The number of anilines is 1. The van der Waals surface area contributed by atoms with Crippen molar-refractivity contribution in [2.45, 2.75) is 6.04 Å². The van der Waals surface area contributed by atoms with E-state index < -0.39 is 6.04 Å². The van der Waals surface area contributed by atoms with E-state index in [2.05, 4.69) is 15.5 Å². The fourth-order valence-corrected chi connectivity index (χ4v) is 5.26. The van der Waals surface area contributed by atoms with Gasteiger partial charge in [-0.2, -0.15) is 0 Å². The maximum atomic E-state index is 13.8. The van der Waals surface area contributed by atoms with Crippen LogP contribution in [-0.2, 0) is 4.79 Å². The minimum Gasteiger partial charge on any atom is -0.321 e. The zero-order valence-electron chi connectivity index (χ0n) is 16.7. The molecule has 3 heterocycles. The van der Waals surface area contributed by atoms with Gasteiger partial charge in [-0.05, 0) is 11.6 Å². The van der Waals surface area contributed by atoms with Crippen LogP contribution in [-0.4, -0.2) is 16.2 Å². The Bertz CT molecular complexity index is 1580. The van der Waals surface area contributed by atoms with E-state index in [4.69, 9.17) is 0 Å². The van der Waals surface area contributed by atoms with Gasteiger partial charge < -0.3 is 5.32 Å². The molecule has 154 valence electrons. The Kier molecular flexibility index (Phi) is 4.22. The van der Waals surface area contributed by atoms with E-state index in [0.717, 1.165) is 16.7 Å². The van der Waals surface area contributed by atoms with E-state index >= 15 is 0 Å². The molecule has 1 aromatic heterocycles. The first-order valence-corrected chi connectivity index (χ1v) is 11.0. The lowest BCUT2D eigenvalue weighted by molar-refractivity contribution is -0.110. The Labute approximate surface area is 186 Å². The largest absolute Gasteiger partial charge is 0.321 e. The van der Waals surface area contributed by atoms with Crippen LogP contribution in [0.25, 0.3) is 5.57 Å². The molecule has 7 heteroatoms. The topological polar surface area (TPSA) is 75.8 Å². The molecule has 0 radical (unpaired) electrons. The first-order chi connectivity index (χ1) is 15.7. The molecule has 2 aliphatic heterocycles. The van der Waals surface area contributed by atoms with Gasteiger partial charge in [0.25, 0.3) is 11.5 Å². The molecule has 0 fully saturated rings. The quantitative estimate of drug-likeness (QED) is 0.525. The van der Waals surface area contributed by atoms with Gasteiger partial charge in [0.1, 0.15) is 10.6 Å². The number of hydrogen-bond acceptors (Lipinski definition) is 5. The van der Waals surface area contributed by atoms with Gasteiger partial charge in [-0.15, -0.1) is 10.2 Å². The molecule has 0 saturated carbocycles. The lowest BCUT2D eigenvalue weighted by Crippen LogP contribution is -2.41. The van der Waals surface area contributed by atoms with Crippen molar-refractivity contribution in [2.75, 3.05) is 5.32 Å². The minimum absolute atomic E-state index is 0.243. The zero-order chi connectivity index (χ0) is 21.7. The second-order valence-electron chi connectivity index (χ2n) is 7.53. The average molecular weight is 436 g/mol. The summed E-state index contributed by atoms with van der Waals surface area (Å²) >= 11 is 1.20. The van der Waals surface area contributed by atoms with Crippen molar-refractivity contribution in [3.05, 3.63) is 121 Å². The van der Waals surface area contributed by atoms with Gasteiger partial charge in [0.05, 0.1) is 11.3 Å². The lowest BCUT2D eigenvalue weighted by Gasteiger charge is -2.22. The van der Waals surface area contributed by atoms with Crippen molar-refractivity contribution in [3.8, 4) is 0 Å². The van der Waals surface area contributed by atoms with Crippen molar-refractivity contribution in [3.63, 3.8) is 0 Å². The smallest absolute Gasteiger partial charge is 0.272 e. The van der Waals surface area contributed by atoms with Crippen LogP contribution in [0.15, 0.2) is 99.9 Å². The second kappa shape index (κ2) is 7.25. The summed E-state index contributed by atoms with van der Waals surface area (Å²) in [6.07, 6.45) is 0. The Morgan fingerprint density at radius 2 is 1.50 bits per heavy atom. The van der Waals surface area contributed by atoms with Gasteiger partial charge in [0.15, 0.2) is 0 Å². The maximum Gasteiger partial charge on any atom is 0.272 e. The molecule has 2 aliphatic rings. The van der Waals surface area contributed by atoms with E-state index in [1.165, 1.54) is 11.3 Å². The molecule has 1 atom stereocenters. The number of hydrogen-bond donors (Lipinski definition) is 1. The molecule has 3 aromatic carbocycles. The summed E-state index contributed by atoms with van der Waals surface area (Å²) in [6.45, 7) is 0. The van der Waals surface area contributed by atoms with Crippen LogP contribution in [0, 0.1) is 0 Å². The number of benzene rings is 3. The number of carbonyl (C=O) groups excluding carboxylic acids is 1. The van der Waals surface area contributed by atoms with Crippen LogP contribution >= 0.6 is 11.3 Å². The molecule has 1 amide bonds. The van der Waals surface area contributed by atoms with E-state index in [1.807, 2.05) is 84.9 Å². The summed E-state index contributed by atoms with van der Waals surface area (Å²) in [7, 11) is 0. The summed E-state index contributed by atoms with van der Waals surface area (Å²) in [5.74, 6) is -0.275. The molecule has 0 bridgehead atoms. The normalized spacial score (nSPS) is 18.3. The molecule has 1 unspecified atom stereocenters. The van der Waals surface area contributed by atoms with Crippen LogP contribution in [0.4, 0.5) is 5.69 Å². The molecule has 0 aliphatic carbocycles. The second-order valence-corrected chi connectivity index (χ2v) is 8.51. The Hall–Kier alpha value is -4.10. The standard InChI is InChI=1S/C25H16N4O2S/c30-23-19(17-13-7-8-14-18(17)26-23)22-24(31)29-21(16-11-5-2-6-12-16)20(27-28-25(29)32-22)15-9-3-1-4-10-15/h1-14,21H,(H,26,30)/b22-19+. The molecule has 0 spiro atoms. The SMILES string of the molecule is O=C1Nc2ccccc2/C1=c1\sc2n(c1=O)C(c1ccccc1)C(c1ccccc1)=NN=2. The average Bonchev–Trinajstić information content (AvgIpc) is 3.35. The molecule has 0 saturated heterocycles. The van der Waals surface area contributed by atoms with Crippen molar-refractivity contribution in [2.24, 2.45) is 10.2 Å². The Morgan fingerprint density at radius 1 is 0.812 bits per heavy atom. The number of fused-ring (bicyclic) bond motifs is 2. The van der Waals surface area contributed by atoms with Crippen LogP contribution in [0.3, 0.4) is 0 Å². The Balaban J connectivity index is 1.65. The third kappa shape index (κ3) is 2.79. The fourth-order valence-electron chi connectivity index (χ4n) is 4.22. The summed E-state index contributed by atoms with van der Waals surface area (Å²) in [5, 5.41) is 11.8. The molecule has 4 aromatic rings. The van der Waals surface area contributed by atoms with Crippen molar-refractivity contribution < 1.29 is 4.79 Å². The van der Waals surface area contributed by atoms with E-state index in [-0.39, 0.29) is 11.5 Å². The van der Waals surface area contributed by atoms with Gasteiger partial charge >= 0.3 is 0 Å². The number of nitrogens with one attached hydrogen (secondary N) is 1. The number of aromatic nitrogens is 1. The van der Waals surface area contributed by atoms with E-state index in [0.29, 0.717) is 26.3 Å². The summed E-state index contributed by atoms with van der Waals surface area (Å²) in [5.41, 5.74) is 4.10. The first kappa shape index (κ1) is 18.7. The highest BCUT2D eigenvalue weighted by Gasteiger charge is 2.31. The van der Waals surface area contributed by atoms with E-state index in [1.54, 1.807) is 4.57 Å². The third-order valence-corrected chi connectivity index (χ3v) is 6.70. The van der Waals surface area contributed by atoms with Crippen LogP contribution in [0.5, 0.6) is 0 Å². The van der Waals surface area contributed by atoms with Crippen molar-refractivity contribution in [1.82, 2.24) is 4.57 Å². The molecule has 6 nitrogen and oxygen atoms in total. The van der Waals surface area contributed by atoms with Crippen LogP contribution < -0.4 is 20.2 Å². The highest BCUT2D eigenvalue weighted by atomic mass is 32.1. The Morgan fingerprint density at radius 3 is 2.28 bits per heavy atom. The molecule has 32 heavy (non-hydrogen) atoms. The van der Waals surface area contributed by atoms with E-state index in [9.17, 15) is 9.59 Å². The minimum atomic E-state index is -0.441. The molecular formula is C25H16N4O2S. The van der Waals surface area contributed by atoms with Crippen molar-refractivity contribution >= 4 is 34.2 Å². The van der Waals surface area contributed by atoms with Crippen molar-refractivity contribution in [1.29, 1.82) is 0 Å². The van der Waals surface area contributed by atoms with Crippen LogP contribution in [0.1, 0.15) is 22.7 Å². The summed E-state index contributed by atoms with van der Waals surface area (Å²) < 4.78 is 2.03. The number of nitrogens with zero attached hydrogens (tertiary/aromatic N) is 3. The predicted octanol–water partition coefficient (Wildman–Crippen LogP) is 2.69. The number of amides is 1. The summed E-state index contributed by atoms with van der Waals surface area (Å²) in [6, 6.07) is 26.5. The number of rotatable bonds is 2. The molecular weight excluding hydrogens is 420 g/mol. The van der Waals surface area contributed by atoms with Gasteiger partial charge in [0, 0.05) is 16.8 Å². The highest BCUT2D eigenvalue weighted by Crippen LogP contribution is 2.29. The van der Waals surface area contributed by atoms with Crippen LogP contribution in [0.2, 0.25) is 0 Å². The first-order valence-electron chi connectivity index (χ1n) is 10.1.